The van der Waals surface area contributed by atoms with Gasteiger partial charge in [-0.25, -0.2) is 14.6 Å². The topological polar surface area (TPSA) is 69.6 Å². The minimum atomic E-state index is 0.114. The molecule has 0 fully saturated rings. The fraction of sp³-hybridized carbons (Fsp3) is 0.417. The Bertz CT molecular complexity index is 505. The van der Waals surface area contributed by atoms with Gasteiger partial charge in [-0.1, -0.05) is 6.42 Å². The van der Waals surface area contributed by atoms with Gasteiger partial charge in [0, 0.05) is 23.9 Å². The van der Waals surface area contributed by atoms with Gasteiger partial charge in [-0.15, -0.1) is 0 Å². The first-order valence-corrected chi connectivity index (χ1v) is 5.95. The van der Waals surface area contributed by atoms with Crippen molar-refractivity contribution in [1.82, 2.24) is 19.7 Å². The second kappa shape index (κ2) is 4.25. The fourth-order valence-corrected chi connectivity index (χ4v) is 2.37. The fourth-order valence-electron chi connectivity index (χ4n) is 2.37. The van der Waals surface area contributed by atoms with Crippen LogP contribution in [0.4, 0.5) is 0 Å². The zero-order valence-corrected chi connectivity index (χ0v) is 9.58. The lowest BCUT2D eigenvalue weighted by Gasteiger charge is -2.08. The Morgan fingerprint density at radius 3 is 3.12 bits per heavy atom. The van der Waals surface area contributed by atoms with Crippen LogP contribution in [0.3, 0.4) is 0 Å². The van der Waals surface area contributed by atoms with E-state index in [-0.39, 0.29) is 6.04 Å². The van der Waals surface area contributed by atoms with Gasteiger partial charge in [-0.3, -0.25) is 0 Å². The molecule has 0 saturated heterocycles. The molecule has 1 atom stereocenters. The molecule has 0 amide bonds. The maximum atomic E-state index is 6.15. The summed E-state index contributed by atoms with van der Waals surface area (Å²) in [5.74, 6) is 0.815. The average Bonchev–Trinajstić information content (AvgIpc) is 2.71. The van der Waals surface area contributed by atoms with Gasteiger partial charge in [-0.2, -0.15) is 5.10 Å². The smallest absolute Gasteiger partial charge is 0.156 e. The van der Waals surface area contributed by atoms with Crippen molar-refractivity contribution in [1.29, 1.82) is 0 Å². The summed E-state index contributed by atoms with van der Waals surface area (Å²) in [6.07, 6.45) is 9.56. The van der Waals surface area contributed by atoms with E-state index in [2.05, 4.69) is 15.1 Å². The molecule has 5 heteroatoms. The molecule has 0 aromatic carbocycles. The molecule has 1 aliphatic carbocycles. The van der Waals surface area contributed by atoms with Gasteiger partial charge >= 0.3 is 0 Å². The van der Waals surface area contributed by atoms with Crippen LogP contribution in [0.15, 0.2) is 24.8 Å². The maximum absolute atomic E-state index is 6.15. The molecule has 88 valence electrons. The largest absolute Gasteiger partial charge is 0.324 e. The molecule has 0 aliphatic heterocycles. The van der Waals surface area contributed by atoms with Crippen LogP contribution in [0.1, 0.15) is 36.6 Å². The zero-order chi connectivity index (χ0) is 11.7. The Morgan fingerprint density at radius 1 is 1.35 bits per heavy atom. The highest BCUT2D eigenvalue weighted by Gasteiger charge is 2.20. The van der Waals surface area contributed by atoms with E-state index in [1.54, 1.807) is 12.5 Å². The molecule has 2 N–H and O–H groups in total. The van der Waals surface area contributed by atoms with Crippen molar-refractivity contribution in [3.8, 4) is 5.82 Å². The standard InChI is InChI=1S/C12H15N5/c13-10-3-1-2-4-11-9(10)7-16-17(11)12-5-6-14-8-15-12/h5-8,10H,1-4,13H2. The second-order valence-corrected chi connectivity index (χ2v) is 4.38. The van der Waals surface area contributed by atoms with E-state index in [1.807, 2.05) is 16.9 Å². The van der Waals surface area contributed by atoms with E-state index < -0.39 is 0 Å². The third-order valence-electron chi connectivity index (χ3n) is 3.26. The van der Waals surface area contributed by atoms with Crippen molar-refractivity contribution < 1.29 is 0 Å². The monoisotopic (exact) mass is 229 g/mol. The number of hydrogen-bond donors (Lipinski definition) is 1. The second-order valence-electron chi connectivity index (χ2n) is 4.38. The number of nitrogens with two attached hydrogens (primary N) is 1. The average molecular weight is 229 g/mol. The van der Waals surface area contributed by atoms with Gasteiger partial charge < -0.3 is 5.73 Å². The van der Waals surface area contributed by atoms with Crippen LogP contribution in [0, 0.1) is 0 Å². The van der Waals surface area contributed by atoms with Crippen LogP contribution in [0.5, 0.6) is 0 Å². The number of rotatable bonds is 1. The van der Waals surface area contributed by atoms with Crippen molar-refractivity contribution >= 4 is 0 Å². The van der Waals surface area contributed by atoms with Crippen LogP contribution in [-0.4, -0.2) is 19.7 Å². The molecule has 17 heavy (non-hydrogen) atoms. The molecule has 2 heterocycles. The summed E-state index contributed by atoms with van der Waals surface area (Å²) in [6.45, 7) is 0. The molecule has 3 rings (SSSR count). The van der Waals surface area contributed by atoms with Gasteiger partial charge in [0.15, 0.2) is 5.82 Å². The molecule has 0 bridgehead atoms. The van der Waals surface area contributed by atoms with Gasteiger partial charge in [0.1, 0.15) is 6.33 Å². The lowest BCUT2D eigenvalue weighted by atomic mass is 10.1. The summed E-state index contributed by atoms with van der Waals surface area (Å²) >= 11 is 0. The van der Waals surface area contributed by atoms with E-state index in [0.29, 0.717) is 0 Å². The third-order valence-corrected chi connectivity index (χ3v) is 3.26. The van der Waals surface area contributed by atoms with E-state index in [9.17, 15) is 0 Å². The molecular formula is C12H15N5. The van der Waals surface area contributed by atoms with Crippen LogP contribution >= 0.6 is 0 Å². The van der Waals surface area contributed by atoms with Gasteiger partial charge in [0.05, 0.1) is 11.9 Å². The molecule has 1 aliphatic rings. The molecule has 0 spiro atoms. The van der Waals surface area contributed by atoms with Gasteiger partial charge in [-0.05, 0) is 19.3 Å². The zero-order valence-electron chi connectivity index (χ0n) is 9.58. The van der Waals surface area contributed by atoms with Gasteiger partial charge in [0.2, 0.25) is 0 Å². The highest BCUT2D eigenvalue weighted by atomic mass is 15.3. The molecule has 1 unspecified atom stereocenters. The Hall–Kier alpha value is -1.75. The minimum Gasteiger partial charge on any atom is -0.324 e. The SMILES string of the molecule is NC1CCCCc2c1cnn2-c1ccncn1. The van der Waals surface area contributed by atoms with E-state index in [0.717, 1.165) is 25.1 Å². The van der Waals surface area contributed by atoms with Crippen molar-refractivity contribution in [2.45, 2.75) is 31.7 Å². The first-order valence-electron chi connectivity index (χ1n) is 5.95. The quantitative estimate of drug-likeness (QED) is 0.750. The van der Waals surface area contributed by atoms with Crippen molar-refractivity contribution in [2.75, 3.05) is 0 Å². The Kier molecular flexibility index (Phi) is 2.60. The van der Waals surface area contributed by atoms with Crippen molar-refractivity contribution in [2.24, 2.45) is 5.73 Å². The predicted octanol–water partition coefficient (Wildman–Crippen LogP) is 1.39. The highest BCUT2D eigenvalue weighted by molar-refractivity contribution is 5.30. The van der Waals surface area contributed by atoms with E-state index >= 15 is 0 Å². The van der Waals surface area contributed by atoms with Gasteiger partial charge in [0.25, 0.3) is 0 Å². The van der Waals surface area contributed by atoms with E-state index in [1.165, 1.54) is 17.7 Å². The Labute approximate surface area is 99.7 Å². The minimum absolute atomic E-state index is 0.114. The summed E-state index contributed by atoms with van der Waals surface area (Å²) < 4.78 is 1.89. The molecule has 2 aromatic heterocycles. The molecule has 5 nitrogen and oxygen atoms in total. The number of fused-ring (bicyclic) bond motifs is 1. The third kappa shape index (κ3) is 1.82. The molecule has 0 saturated carbocycles. The lowest BCUT2D eigenvalue weighted by molar-refractivity contribution is 0.611. The Balaban J connectivity index is 2.08. The van der Waals surface area contributed by atoms with Crippen molar-refractivity contribution in [3.63, 3.8) is 0 Å². The van der Waals surface area contributed by atoms with Crippen LogP contribution < -0.4 is 5.73 Å². The normalized spacial score (nSPS) is 19.7. The number of hydrogen-bond acceptors (Lipinski definition) is 4. The highest BCUT2D eigenvalue weighted by Crippen LogP contribution is 2.27. The summed E-state index contributed by atoms with van der Waals surface area (Å²) in [7, 11) is 0. The predicted molar refractivity (Wildman–Crippen MR) is 63.6 cm³/mol. The van der Waals surface area contributed by atoms with Crippen molar-refractivity contribution in [3.05, 3.63) is 36.0 Å². The van der Waals surface area contributed by atoms with Crippen LogP contribution in [-0.2, 0) is 6.42 Å². The lowest BCUT2D eigenvalue weighted by Crippen LogP contribution is -2.10. The first kappa shape index (κ1) is 10.4. The molecular weight excluding hydrogens is 214 g/mol. The molecule has 2 aromatic rings. The Morgan fingerprint density at radius 2 is 2.29 bits per heavy atom. The summed E-state index contributed by atoms with van der Waals surface area (Å²) in [5.41, 5.74) is 8.52. The molecule has 0 radical (unpaired) electrons. The summed E-state index contributed by atoms with van der Waals surface area (Å²) in [5, 5.41) is 4.41. The van der Waals surface area contributed by atoms with E-state index in [4.69, 9.17) is 5.73 Å². The van der Waals surface area contributed by atoms with Crippen LogP contribution in [0.2, 0.25) is 0 Å². The number of aromatic nitrogens is 4. The maximum Gasteiger partial charge on any atom is 0.156 e. The first-order chi connectivity index (χ1) is 8.36. The summed E-state index contributed by atoms with van der Waals surface area (Å²) in [4.78, 5) is 8.16. The summed E-state index contributed by atoms with van der Waals surface area (Å²) in [6, 6.07) is 1.98. The number of nitrogens with zero attached hydrogens (tertiary/aromatic N) is 4. The van der Waals surface area contributed by atoms with Crippen LogP contribution in [0.25, 0.3) is 5.82 Å².